The predicted octanol–water partition coefficient (Wildman–Crippen LogP) is 1.36. The monoisotopic (exact) mass is 126 g/mol. The van der Waals surface area contributed by atoms with Gasteiger partial charge in [-0.1, -0.05) is 13.8 Å². The first kappa shape index (κ1) is 11.8. The number of nitrogens with zero attached hydrogens (tertiary/aromatic N) is 1. The Morgan fingerprint density at radius 3 is 1.44 bits per heavy atom. The van der Waals surface area contributed by atoms with Crippen LogP contribution in [0.3, 0.4) is 0 Å². The topological polar surface area (TPSA) is 3.24 Å². The van der Waals surface area contributed by atoms with Crippen LogP contribution in [0, 0.1) is 0 Å². The van der Waals surface area contributed by atoms with E-state index in [1.807, 2.05) is 0 Å². The predicted molar refractivity (Wildman–Crippen MR) is 43.8 cm³/mol. The van der Waals surface area contributed by atoms with Gasteiger partial charge in [-0.05, 0) is 26.9 Å². The van der Waals surface area contributed by atoms with Crippen LogP contribution in [-0.2, 0) is 0 Å². The van der Waals surface area contributed by atoms with E-state index in [1.165, 1.54) is 13.1 Å². The van der Waals surface area contributed by atoms with Crippen LogP contribution < -0.4 is 0 Å². The molecule has 53 valence electrons. The van der Waals surface area contributed by atoms with Gasteiger partial charge in [-0.3, -0.25) is 0 Å². The van der Waals surface area contributed by atoms with Crippen molar-refractivity contribution in [2.24, 2.45) is 0 Å². The van der Waals surface area contributed by atoms with Crippen LogP contribution in [0.15, 0.2) is 0 Å². The summed E-state index contributed by atoms with van der Waals surface area (Å²) < 4.78 is 0. The van der Waals surface area contributed by atoms with Gasteiger partial charge < -0.3 is 4.90 Å². The molecule has 0 aromatic rings. The zero-order chi connectivity index (χ0) is 6.57. The highest BCUT2D eigenvalue weighted by Crippen LogP contribution is 1.94. The van der Waals surface area contributed by atoms with E-state index < -0.39 is 0 Å². The van der Waals surface area contributed by atoms with E-state index in [0.717, 1.165) is 0 Å². The quantitative estimate of drug-likeness (QED) is 0.516. The second-order valence-corrected chi connectivity index (χ2v) is 2.31. The Labute approximate surface area is 61.0 Å². The summed E-state index contributed by atoms with van der Waals surface area (Å²) in [5.41, 5.74) is 0. The number of rotatable bonds is 3. The summed E-state index contributed by atoms with van der Waals surface area (Å²) in [6.45, 7) is 11.2. The molecule has 9 heavy (non-hydrogen) atoms. The zero-order valence-corrected chi connectivity index (χ0v) is 7.02. The molecular formula is C7H17BN. The third-order valence-corrected chi connectivity index (χ3v) is 1.54. The van der Waals surface area contributed by atoms with Gasteiger partial charge in [-0.15, -0.1) is 0 Å². The van der Waals surface area contributed by atoms with Crippen molar-refractivity contribution in [3.05, 3.63) is 0 Å². The molecule has 0 aliphatic rings. The zero-order valence-electron chi connectivity index (χ0n) is 7.02. The highest BCUT2D eigenvalue weighted by molar-refractivity contribution is 5.75. The summed E-state index contributed by atoms with van der Waals surface area (Å²) in [4.78, 5) is 2.42. The maximum atomic E-state index is 2.42. The molecule has 0 aromatic carbocycles. The van der Waals surface area contributed by atoms with Gasteiger partial charge in [0.1, 0.15) is 0 Å². The third kappa shape index (κ3) is 4.52. The average Bonchev–Trinajstić information content (AvgIpc) is 1.69. The fraction of sp³-hybridized carbons (Fsp3) is 1.00. The summed E-state index contributed by atoms with van der Waals surface area (Å²) in [6.07, 6.45) is 0. The maximum Gasteiger partial charge on any atom is 0.00383 e. The van der Waals surface area contributed by atoms with Gasteiger partial charge in [-0.2, -0.15) is 0 Å². The van der Waals surface area contributed by atoms with Gasteiger partial charge >= 0.3 is 0 Å². The Balaban J connectivity index is 0. The fourth-order valence-corrected chi connectivity index (χ4v) is 0.954. The molecule has 2 heteroatoms. The standard InChI is InChI=1S/C7H17N.B/c1-5-8(6-2)7(3)4;/h7H,5-6H2,1-4H3;. The summed E-state index contributed by atoms with van der Waals surface area (Å²) in [5.74, 6) is 0. The Morgan fingerprint density at radius 1 is 1.11 bits per heavy atom. The SMILES string of the molecule is CCN(CC)C(C)C.[B]. The van der Waals surface area contributed by atoms with Gasteiger partial charge in [0, 0.05) is 14.5 Å². The van der Waals surface area contributed by atoms with Crippen LogP contribution in [0.2, 0.25) is 0 Å². The highest BCUT2D eigenvalue weighted by Gasteiger charge is 2.00. The molecule has 0 saturated heterocycles. The first-order valence-electron chi connectivity index (χ1n) is 3.46. The molecule has 0 rings (SSSR count). The molecule has 0 unspecified atom stereocenters. The van der Waals surface area contributed by atoms with E-state index in [4.69, 9.17) is 0 Å². The fourth-order valence-electron chi connectivity index (χ4n) is 0.954. The van der Waals surface area contributed by atoms with Crippen LogP contribution in [0.4, 0.5) is 0 Å². The molecule has 0 N–H and O–H groups in total. The Bertz CT molecular complexity index is 50.9. The van der Waals surface area contributed by atoms with Crippen molar-refractivity contribution in [3.63, 3.8) is 0 Å². The summed E-state index contributed by atoms with van der Waals surface area (Å²) in [7, 11) is 0. The van der Waals surface area contributed by atoms with Crippen molar-refractivity contribution >= 4 is 8.41 Å². The number of hydrogen-bond acceptors (Lipinski definition) is 1. The molecule has 0 spiro atoms. The van der Waals surface area contributed by atoms with Crippen molar-refractivity contribution in [2.75, 3.05) is 13.1 Å². The maximum absolute atomic E-state index is 2.42. The molecular weight excluding hydrogens is 109 g/mol. The van der Waals surface area contributed by atoms with Crippen LogP contribution in [-0.4, -0.2) is 32.4 Å². The minimum atomic E-state index is 0. The van der Waals surface area contributed by atoms with E-state index in [9.17, 15) is 0 Å². The van der Waals surface area contributed by atoms with E-state index in [0.29, 0.717) is 6.04 Å². The smallest absolute Gasteiger partial charge is 0.00383 e. The van der Waals surface area contributed by atoms with Gasteiger partial charge in [0.15, 0.2) is 0 Å². The molecule has 0 aliphatic heterocycles. The third-order valence-electron chi connectivity index (χ3n) is 1.54. The largest absolute Gasteiger partial charge is 0.301 e. The molecule has 0 bridgehead atoms. The molecule has 1 nitrogen and oxygen atoms in total. The van der Waals surface area contributed by atoms with E-state index >= 15 is 0 Å². The van der Waals surface area contributed by atoms with Crippen LogP contribution in [0.1, 0.15) is 27.7 Å². The molecule has 0 heterocycles. The van der Waals surface area contributed by atoms with Gasteiger partial charge in [-0.25, -0.2) is 0 Å². The number of hydrogen-bond donors (Lipinski definition) is 0. The van der Waals surface area contributed by atoms with E-state index in [1.54, 1.807) is 0 Å². The van der Waals surface area contributed by atoms with Crippen LogP contribution in [0.25, 0.3) is 0 Å². The molecule has 0 aliphatic carbocycles. The first-order valence-corrected chi connectivity index (χ1v) is 3.46. The molecule has 0 fully saturated rings. The Kier molecular flexibility index (Phi) is 8.05. The molecule has 0 atom stereocenters. The normalized spacial score (nSPS) is 10.0. The van der Waals surface area contributed by atoms with Crippen molar-refractivity contribution in [1.82, 2.24) is 4.90 Å². The van der Waals surface area contributed by atoms with Crippen LogP contribution in [0.5, 0.6) is 0 Å². The minimum Gasteiger partial charge on any atom is -0.301 e. The second-order valence-electron chi connectivity index (χ2n) is 2.31. The lowest BCUT2D eigenvalue weighted by Crippen LogP contribution is -2.29. The summed E-state index contributed by atoms with van der Waals surface area (Å²) in [5, 5.41) is 0. The van der Waals surface area contributed by atoms with Crippen molar-refractivity contribution in [2.45, 2.75) is 33.7 Å². The average molecular weight is 126 g/mol. The van der Waals surface area contributed by atoms with E-state index in [-0.39, 0.29) is 8.41 Å². The van der Waals surface area contributed by atoms with E-state index in [2.05, 4.69) is 32.6 Å². The molecule has 3 radical (unpaired) electrons. The molecule has 0 amide bonds. The highest BCUT2D eigenvalue weighted by atomic mass is 15.1. The van der Waals surface area contributed by atoms with Gasteiger partial charge in [0.05, 0.1) is 0 Å². The lowest BCUT2D eigenvalue weighted by molar-refractivity contribution is 0.246. The van der Waals surface area contributed by atoms with Crippen molar-refractivity contribution in [3.8, 4) is 0 Å². The minimum absolute atomic E-state index is 0. The van der Waals surface area contributed by atoms with Crippen molar-refractivity contribution in [1.29, 1.82) is 0 Å². The van der Waals surface area contributed by atoms with Crippen LogP contribution >= 0.6 is 0 Å². The van der Waals surface area contributed by atoms with Gasteiger partial charge in [0.2, 0.25) is 0 Å². The van der Waals surface area contributed by atoms with Gasteiger partial charge in [0.25, 0.3) is 0 Å². The summed E-state index contributed by atoms with van der Waals surface area (Å²) in [6, 6.07) is 0.713. The second kappa shape index (κ2) is 6.15. The van der Waals surface area contributed by atoms with Crippen molar-refractivity contribution < 1.29 is 0 Å². The Morgan fingerprint density at radius 2 is 1.44 bits per heavy atom. The lowest BCUT2D eigenvalue weighted by Gasteiger charge is -2.21. The Hall–Kier alpha value is 0.0249. The summed E-state index contributed by atoms with van der Waals surface area (Å²) >= 11 is 0. The first-order chi connectivity index (χ1) is 3.72. The molecule has 0 aromatic heterocycles. The molecule has 0 saturated carbocycles. The lowest BCUT2D eigenvalue weighted by atomic mass is 10.3.